The van der Waals surface area contributed by atoms with Gasteiger partial charge in [0.15, 0.2) is 10.1 Å². The Labute approximate surface area is 163 Å². The van der Waals surface area contributed by atoms with E-state index >= 15 is 0 Å². The summed E-state index contributed by atoms with van der Waals surface area (Å²) in [5, 5.41) is 0.400. The molecule has 10 heteroatoms. The molecule has 0 bridgehead atoms. The molecule has 2 N–H and O–H groups in total. The lowest BCUT2D eigenvalue weighted by atomic mass is 10.3. The molecule has 1 aromatic heterocycles. The number of nitrogens with zero attached hydrogens (tertiary/aromatic N) is 2. The molecule has 0 aliphatic heterocycles. The summed E-state index contributed by atoms with van der Waals surface area (Å²) in [5.74, 6) is 1.32. The number of hydrogen-bond donors (Lipinski definition) is 2. The van der Waals surface area contributed by atoms with Gasteiger partial charge in [0, 0.05) is 18.4 Å². The van der Waals surface area contributed by atoms with Gasteiger partial charge < -0.3 is 14.6 Å². The average Bonchev–Trinajstić information content (AvgIpc) is 2.59. The van der Waals surface area contributed by atoms with Crippen molar-refractivity contribution in [3.05, 3.63) is 40.8 Å². The second-order valence-electron chi connectivity index (χ2n) is 6.02. The molecule has 148 valence electrons. The van der Waals surface area contributed by atoms with Crippen LogP contribution >= 0.6 is 11.8 Å². The van der Waals surface area contributed by atoms with Crippen LogP contribution in [0.5, 0.6) is 5.75 Å². The molecule has 27 heavy (non-hydrogen) atoms. The first-order valence-electron chi connectivity index (χ1n) is 8.44. The van der Waals surface area contributed by atoms with Crippen molar-refractivity contribution in [2.24, 2.45) is 0 Å². The summed E-state index contributed by atoms with van der Waals surface area (Å²) in [4.78, 5) is 20.2. The summed E-state index contributed by atoms with van der Waals surface area (Å²) in [7, 11) is -0.189. The van der Waals surface area contributed by atoms with Crippen LogP contribution in [0.2, 0.25) is 0 Å². The Hall–Kier alpha value is -2.04. The average molecular weight is 413 g/mol. The molecule has 0 aliphatic rings. The maximum Gasteiger partial charge on any atom is 0.272 e. The van der Waals surface area contributed by atoms with Crippen LogP contribution in [-0.4, -0.2) is 56.3 Å². The number of sulfonamides is 1. The van der Waals surface area contributed by atoms with Gasteiger partial charge in [0.25, 0.3) is 15.6 Å². The molecular formula is C17H24N4O4S2. The molecule has 0 saturated carbocycles. The molecule has 0 spiro atoms. The molecule has 0 unspecified atom stereocenters. The van der Waals surface area contributed by atoms with Crippen molar-refractivity contribution >= 4 is 27.5 Å². The minimum absolute atomic E-state index is 0.307. The van der Waals surface area contributed by atoms with E-state index in [1.807, 2.05) is 25.9 Å². The number of likely N-dealkylation sites (N-methyl/N-ethyl adjacent to an activating group) is 1. The number of hydrogen-bond acceptors (Lipinski definition) is 7. The van der Waals surface area contributed by atoms with E-state index in [0.717, 1.165) is 24.9 Å². The van der Waals surface area contributed by atoms with Gasteiger partial charge in [0.05, 0.1) is 11.9 Å². The number of H-pyrrole nitrogens is 1. The van der Waals surface area contributed by atoms with Gasteiger partial charge in [-0.05, 0) is 32.6 Å². The van der Waals surface area contributed by atoms with E-state index in [9.17, 15) is 13.2 Å². The number of aromatic amines is 1. The van der Waals surface area contributed by atoms with Gasteiger partial charge in [-0.25, -0.2) is 13.4 Å². The second kappa shape index (κ2) is 9.77. The fourth-order valence-corrected chi connectivity index (χ4v) is 3.76. The monoisotopic (exact) mass is 412 g/mol. The van der Waals surface area contributed by atoms with Gasteiger partial charge >= 0.3 is 0 Å². The highest BCUT2D eigenvalue weighted by atomic mass is 32.2. The van der Waals surface area contributed by atoms with E-state index in [4.69, 9.17) is 4.74 Å². The molecule has 2 rings (SSSR count). The lowest BCUT2D eigenvalue weighted by Crippen LogP contribution is -2.24. The molecule has 0 radical (unpaired) electrons. The summed E-state index contributed by atoms with van der Waals surface area (Å²) < 4.78 is 33.1. The molecule has 0 saturated heterocycles. The van der Waals surface area contributed by atoms with Crippen molar-refractivity contribution in [3.63, 3.8) is 0 Å². The second-order valence-corrected chi connectivity index (χ2v) is 8.75. The normalized spacial score (nSPS) is 11.6. The summed E-state index contributed by atoms with van der Waals surface area (Å²) in [5.41, 5.74) is -0.393. The first-order valence-corrected chi connectivity index (χ1v) is 10.9. The Kier molecular flexibility index (Phi) is 7.69. The molecule has 0 amide bonds. The van der Waals surface area contributed by atoms with Gasteiger partial charge in [0.2, 0.25) is 0 Å². The maximum atomic E-state index is 12.5. The SMILES string of the molecule is CCCSc1ncc(S(=O)(=O)Nc2cccc(OCCN(C)C)c2)c(=O)[nH]1. The van der Waals surface area contributed by atoms with Crippen molar-refractivity contribution in [1.29, 1.82) is 0 Å². The van der Waals surface area contributed by atoms with Crippen LogP contribution in [0.4, 0.5) is 5.69 Å². The lowest BCUT2D eigenvalue weighted by molar-refractivity contribution is 0.261. The first-order chi connectivity index (χ1) is 12.8. The van der Waals surface area contributed by atoms with Crippen molar-refractivity contribution in [3.8, 4) is 5.75 Å². The Morgan fingerprint density at radius 3 is 2.78 bits per heavy atom. The van der Waals surface area contributed by atoms with E-state index in [1.54, 1.807) is 24.3 Å². The molecule has 0 atom stereocenters. The lowest BCUT2D eigenvalue weighted by Gasteiger charge is -2.12. The van der Waals surface area contributed by atoms with Crippen LogP contribution in [0.25, 0.3) is 0 Å². The molecule has 8 nitrogen and oxygen atoms in total. The molecule has 1 heterocycles. The molecule has 2 aromatic rings. The highest BCUT2D eigenvalue weighted by Gasteiger charge is 2.20. The van der Waals surface area contributed by atoms with Gasteiger partial charge in [-0.2, -0.15) is 0 Å². The summed E-state index contributed by atoms with van der Waals surface area (Å²) in [6.07, 6.45) is 2.00. The Balaban J connectivity index is 2.13. The molecular weight excluding hydrogens is 388 g/mol. The quantitative estimate of drug-likeness (QED) is 0.454. The zero-order chi connectivity index (χ0) is 19.9. The van der Waals surface area contributed by atoms with E-state index in [-0.39, 0.29) is 0 Å². The Bertz CT molecular complexity index is 913. The number of ether oxygens (including phenoxy) is 1. The number of benzene rings is 1. The summed E-state index contributed by atoms with van der Waals surface area (Å²) in [6.45, 7) is 3.22. The summed E-state index contributed by atoms with van der Waals surface area (Å²) in [6, 6.07) is 6.57. The summed E-state index contributed by atoms with van der Waals surface area (Å²) >= 11 is 1.37. The molecule has 0 aliphatic carbocycles. The third-order valence-electron chi connectivity index (χ3n) is 3.37. The van der Waals surface area contributed by atoms with Crippen molar-refractivity contribution in [2.45, 2.75) is 23.4 Å². The number of anilines is 1. The zero-order valence-electron chi connectivity index (χ0n) is 15.6. The van der Waals surface area contributed by atoms with Crippen LogP contribution in [0.15, 0.2) is 45.3 Å². The van der Waals surface area contributed by atoms with Crippen LogP contribution in [0, 0.1) is 0 Å². The van der Waals surface area contributed by atoms with Crippen LogP contribution < -0.4 is 15.0 Å². The van der Waals surface area contributed by atoms with Crippen LogP contribution in [0.3, 0.4) is 0 Å². The minimum atomic E-state index is -4.06. The Morgan fingerprint density at radius 1 is 1.33 bits per heavy atom. The van der Waals surface area contributed by atoms with Gasteiger partial charge in [-0.3, -0.25) is 9.52 Å². The fraction of sp³-hybridized carbons (Fsp3) is 0.412. The van der Waals surface area contributed by atoms with E-state index in [0.29, 0.717) is 23.2 Å². The minimum Gasteiger partial charge on any atom is -0.492 e. The number of rotatable bonds is 10. The highest BCUT2D eigenvalue weighted by Crippen LogP contribution is 2.20. The largest absolute Gasteiger partial charge is 0.492 e. The Morgan fingerprint density at radius 2 is 2.11 bits per heavy atom. The smallest absolute Gasteiger partial charge is 0.272 e. The van der Waals surface area contributed by atoms with Crippen molar-refractivity contribution in [2.75, 3.05) is 37.7 Å². The van der Waals surface area contributed by atoms with E-state index in [2.05, 4.69) is 14.7 Å². The van der Waals surface area contributed by atoms with Gasteiger partial charge in [0.1, 0.15) is 12.4 Å². The van der Waals surface area contributed by atoms with Crippen molar-refractivity contribution < 1.29 is 13.2 Å². The highest BCUT2D eigenvalue weighted by molar-refractivity contribution is 7.99. The standard InChI is InChI=1S/C17H24N4O4S2/c1-4-10-26-17-18-12-15(16(22)19-17)27(23,24)20-13-6-5-7-14(11-13)25-9-8-21(2)3/h5-7,11-12,20H,4,8-10H2,1-3H3,(H,18,19,22). The van der Waals surface area contributed by atoms with E-state index in [1.165, 1.54) is 11.8 Å². The van der Waals surface area contributed by atoms with Gasteiger partial charge in [-0.15, -0.1) is 0 Å². The number of aromatic nitrogens is 2. The third-order valence-corrected chi connectivity index (χ3v) is 5.84. The van der Waals surface area contributed by atoms with Gasteiger partial charge in [-0.1, -0.05) is 24.8 Å². The van der Waals surface area contributed by atoms with Crippen LogP contribution in [0.1, 0.15) is 13.3 Å². The predicted molar refractivity (Wildman–Crippen MR) is 107 cm³/mol. The maximum absolute atomic E-state index is 12.5. The topological polar surface area (TPSA) is 104 Å². The van der Waals surface area contributed by atoms with Crippen LogP contribution in [-0.2, 0) is 10.0 Å². The number of thioether (sulfide) groups is 1. The van der Waals surface area contributed by atoms with Crippen molar-refractivity contribution in [1.82, 2.24) is 14.9 Å². The predicted octanol–water partition coefficient (Wildman–Crippen LogP) is 2.01. The molecule has 0 fully saturated rings. The zero-order valence-corrected chi connectivity index (χ0v) is 17.2. The fourth-order valence-electron chi connectivity index (χ4n) is 2.04. The van der Waals surface area contributed by atoms with E-state index < -0.39 is 20.5 Å². The molecule has 1 aromatic carbocycles. The first kappa shape index (κ1) is 21.3. The third kappa shape index (κ3) is 6.56. The number of nitrogens with one attached hydrogen (secondary N) is 2.